The van der Waals surface area contributed by atoms with Crippen molar-refractivity contribution in [1.29, 1.82) is 0 Å². The lowest BCUT2D eigenvalue weighted by atomic mass is 10.2. The second-order valence-corrected chi connectivity index (χ2v) is 3.93. The number of aromatic carboxylic acids is 1. The number of aromatic nitrogens is 3. The molecule has 0 aliphatic rings. The van der Waals surface area contributed by atoms with Gasteiger partial charge < -0.3 is 9.63 Å². The standard InChI is InChI=1S/C11H13N3O3/c1-6-10(11(15)16)5-14(12-6)4-9-7(2)13-17-8(9)3/h5H,4H2,1-3H3,(H,15,16). The van der Waals surface area contributed by atoms with E-state index in [1.54, 1.807) is 11.6 Å². The number of nitrogens with zero attached hydrogens (tertiary/aromatic N) is 3. The van der Waals surface area contributed by atoms with Crippen LogP contribution in [0.25, 0.3) is 0 Å². The van der Waals surface area contributed by atoms with Crippen LogP contribution in [0, 0.1) is 20.8 Å². The van der Waals surface area contributed by atoms with E-state index < -0.39 is 5.97 Å². The molecule has 17 heavy (non-hydrogen) atoms. The molecule has 0 unspecified atom stereocenters. The number of rotatable bonds is 3. The number of hydrogen-bond acceptors (Lipinski definition) is 4. The average molecular weight is 235 g/mol. The summed E-state index contributed by atoms with van der Waals surface area (Å²) in [7, 11) is 0. The molecule has 0 aliphatic carbocycles. The molecule has 0 fully saturated rings. The topological polar surface area (TPSA) is 81.2 Å². The molecule has 2 aromatic heterocycles. The van der Waals surface area contributed by atoms with Gasteiger partial charge in [0, 0.05) is 11.8 Å². The van der Waals surface area contributed by atoms with Gasteiger partial charge in [0.2, 0.25) is 0 Å². The van der Waals surface area contributed by atoms with Crippen LogP contribution in [0.2, 0.25) is 0 Å². The maximum Gasteiger partial charge on any atom is 0.339 e. The molecule has 2 aromatic rings. The highest BCUT2D eigenvalue weighted by molar-refractivity contribution is 5.88. The molecule has 0 amide bonds. The molecule has 0 aliphatic heterocycles. The lowest BCUT2D eigenvalue weighted by Crippen LogP contribution is -2.02. The number of carbonyl (C=O) groups is 1. The Bertz CT molecular complexity index is 549. The van der Waals surface area contributed by atoms with Crippen molar-refractivity contribution in [3.05, 3.63) is 34.5 Å². The van der Waals surface area contributed by atoms with Crippen LogP contribution in [0.5, 0.6) is 0 Å². The fourth-order valence-electron chi connectivity index (χ4n) is 1.70. The molecule has 0 bridgehead atoms. The predicted octanol–water partition coefficient (Wildman–Crippen LogP) is 1.54. The summed E-state index contributed by atoms with van der Waals surface area (Å²) in [6.07, 6.45) is 1.52. The first-order chi connectivity index (χ1) is 7.99. The Morgan fingerprint density at radius 2 is 2.12 bits per heavy atom. The summed E-state index contributed by atoms with van der Waals surface area (Å²) < 4.78 is 6.63. The van der Waals surface area contributed by atoms with Gasteiger partial charge in [0.05, 0.1) is 17.9 Å². The van der Waals surface area contributed by atoms with Crippen LogP contribution in [-0.2, 0) is 6.54 Å². The minimum atomic E-state index is -0.965. The Morgan fingerprint density at radius 1 is 1.41 bits per heavy atom. The number of carboxylic acids is 1. The lowest BCUT2D eigenvalue weighted by molar-refractivity contribution is 0.0696. The Balaban J connectivity index is 2.31. The fourth-order valence-corrected chi connectivity index (χ4v) is 1.70. The molecule has 1 N–H and O–H groups in total. The van der Waals surface area contributed by atoms with Gasteiger partial charge in [-0.15, -0.1) is 0 Å². The molecule has 0 atom stereocenters. The van der Waals surface area contributed by atoms with Gasteiger partial charge in [-0.1, -0.05) is 5.16 Å². The minimum absolute atomic E-state index is 0.219. The first-order valence-electron chi connectivity index (χ1n) is 5.18. The summed E-state index contributed by atoms with van der Waals surface area (Å²) in [6.45, 7) is 5.81. The van der Waals surface area contributed by atoms with Crippen LogP contribution in [0.3, 0.4) is 0 Å². The molecule has 0 aromatic carbocycles. The van der Waals surface area contributed by atoms with Gasteiger partial charge in [0.1, 0.15) is 11.3 Å². The Kier molecular flexibility index (Phi) is 2.71. The van der Waals surface area contributed by atoms with Crippen molar-refractivity contribution in [2.45, 2.75) is 27.3 Å². The van der Waals surface area contributed by atoms with E-state index in [1.165, 1.54) is 6.20 Å². The van der Waals surface area contributed by atoms with Crippen molar-refractivity contribution in [3.63, 3.8) is 0 Å². The van der Waals surface area contributed by atoms with Crippen LogP contribution in [0.1, 0.15) is 33.1 Å². The van der Waals surface area contributed by atoms with Crippen molar-refractivity contribution >= 4 is 5.97 Å². The monoisotopic (exact) mass is 235 g/mol. The third kappa shape index (κ3) is 2.06. The first kappa shape index (κ1) is 11.4. The second-order valence-electron chi connectivity index (χ2n) is 3.93. The zero-order chi connectivity index (χ0) is 12.6. The van der Waals surface area contributed by atoms with Crippen molar-refractivity contribution < 1.29 is 14.4 Å². The van der Waals surface area contributed by atoms with E-state index in [9.17, 15) is 4.79 Å². The van der Waals surface area contributed by atoms with Crippen molar-refractivity contribution in [1.82, 2.24) is 14.9 Å². The molecule has 6 nitrogen and oxygen atoms in total. The lowest BCUT2D eigenvalue weighted by Gasteiger charge is -1.99. The van der Waals surface area contributed by atoms with E-state index >= 15 is 0 Å². The van der Waals surface area contributed by atoms with Gasteiger partial charge in [-0.2, -0.15) is 5.10 Å². The van der Waals surface area contributed by atoms with Crippen LogP contribution >= 0.6 is 0 Å². The molecule has 0 radical (unpaired) electrons. The summed E-state index contributed by atoms with van der Waals surface area (Å²) in [6, 6.07) is 0. The molecule has 2 heterocycles. The highest BCUT2D eigenvalue weighted by Crippen LogP contribution is 2.15. The highest BCUT2D eigenvalue weighted by atomic mass is 16.5. The third-order valence-electron chi connectivity index (χ3n) is 2.68. The van der Waals surface area contributed by atoms with Gasteiger partial charge in [0.25, 0.3) is 0 Å². The normalized spacial score (nSPS) is 10.8. The van der Waals surface area contributed by atoms with E-state index in [0.717, 1.165) is 17.0 Å². The molecule has 0 saturated heterocycles. The first-order valence-corrected chi connectivity index (χ1v) is 5.18. The molecule has 6 heteroatoms. The van der Waals surface area contributed by atoms with Crippen LogP contribution in [0.15, 0.2) is 10.7 Å². The minimum Gasteiger partial charge on any atom is -0.478 e. The molecule has 90 valence electrons. The molecular formula is C11H13N3O3. The van der Waals surface area contributed by atoms with E-state index in [2.05, 4.69) is 10.3 Å². The fraction of sp³-hybridized carbons (Fsp3) is 0.364. The van der Waals surface area contributed by atoms with E-state index in [1.807, 2.05) is 13.8 Å². The van der Waals surface area contributed by atoms with E-state index in [0.29, 0.717) is 12.2 Å². The Hall–Kier alpha value is -2.11. The summed E-state index contributed by atoms with van der Waals surface area (Å²) in [4.78, 5) is 10.9. The van der Waals surface area contributed by atoms with Crippen molar-refractivity contribution in [3.8, 4) is 0 Å². The Labute approximate surface area is 97.8 Å². The van der Waals surface area contributed by atoms with E-state index in [4.69, 9.17) is 9.63 Å². The molecule has 0 saturated carbocycles. The summed E-state index contributed by atoms with van der Waals surface area (Å²) >= 11 is 0. The van der Waals surface area contributed by atoms with Crippen LogP contribution in [-0.4, -0.2) is 26.0 Å². The Morgan fingerprint density at radius 3 is 2.59 bits per heavy atom. The van der Waals surface area contributed by atoms with Crippen LogP contribution in [0.4, 0.5) is 0 Å². The molecule has 0 spiro atoms. The van der Waals surface area contributed by atoms with Gasteiger partial charge in [-0.3, -0.25) is 4.68 Å². The number of aryl methyl sites for hydroxylation is 3. The van der Waals surface area contributed by atoms with Crippen molar-refractivity contribution in [2.24, 2.45) is 0 Å². The quantitative estimate of drug-likeness (QED) is 0.872. The number of carboxylic acid groups (broad SMARTS) is 1. The second kappa shape index (κ2) is 4.04. The predicted molar refractivity (Wildman–Crippen MR) is 59.0 cm³/mol. The van der Waals surface area contributed by atoms with Gasteiger partial charge >= 0.3 is 5.97 Å². The van der Waals surface area contributed by atoms with Gasteiger partial charge in [-0.05, 0) is 20.8 Å². The van der Waals surface area contributed by atoms with E-state index in [-0.39, 0.29) is 5.56 Å². The maximum atomic E-state index is 10.9. The van der Waals surface area contributed by atoms with Crippen molar-refractivity contribution in [2.75, 3.05) is 0 Å². The largest absolute Gasteiger partial charge is 0.478 e. The number of hydrogen-bond donors (Lipinski definition) is 1. The van der Waals surface area contributed by atoms with Crippen LogP contribution < -0.4 is 0 Å². The molecule has 2 rings (SSSR count). The SMILES string of the molecule is Cc1nn(Cc2c(C)noc2C)cc1C(=O)O. The third-order valence-corrected chi connectivity index (χ3v) is 2.68. The summed E-state index contributed by atoms with van der Waals surface area (Å²) in [5.74, 6) is -0.236. The zero-order valence-electron chi connectivity index (χ0n) is 9.89. The zero-order valence-corrected chi connectivity index (χ0v) is 9.89. The van der Waals surface area contributed by atoms with Gasteiger partial charge in [0.15, 0.2) is 0 Å². The molecular weight excluding hydrogens is 222 g/mol. The average Bonchev–Trinajstić information content (AvgIpc) is 2.76. The van der Waals surface area contributed by atoms with Gasteiger partial charge in [-0.25, -0.2) is 4.79 Å². The summed E-state index contributed by atoms with van der Waals surface area (Å²) in [5.41, 5.74) is 2.46. The summed E-state index contributed by atoms with van der Waals surface area (Å²) in [5, 5.41) is 16.9. The highest BCUT2D eigenvalue weighted by Gasteiger charge is 2.14. The smallest absolute Gasteiger partial charge is 0.339 e. The maximum absolute atomic E-state index is 10.9.